The summed E-state index contributed by atoms with van der Waals surface area (Å²) in [6.07, 6.45) is -5.97. The number of hydrogen-bond donors (Lipinski definition) is 1. The minimum Gasteiger partial charge on any atom is -0.410 e. The molecule has 3 aromatic carbocycles. The van der Waals surface area contributed by atoms with E-state index in [0.29, 0.717) is 33.5 Å². The van der Waals surface area contributed by atoms with E-state index in [1.807, 2.05) is 0 Å². The van der Waals surface area contributed by atoms with Crippen molar-refractivity contribution in [2.24, 2.45) is 0 Å². The predicted octanol–water partition coefficient (Wildman–Crippen LogP) is 4.28. The molecule has 0 aliphatic carbocycles. The summed E-state index contributed by atoms with van der Waals surface area (Å²) in [4.78, 5) is 52.1. The van der Waals surface area contributed by atoms with Crippen LogP contribution in [0, 0.1) is 5.82 Å². The molecular formula is C25H17F4N3O6. The molecule has 1 atom stereocenters. The third-order valence-electron chi connectivity index (χ3n) is 6.15. The molecule has 196 valence electrons. The number of hydrogen-bond acceptors (Lipinski definition) is 6. The number of alkyl halides is 3. The van der Waals surface area contributed by atoms with E-state index in [4.69, 9.17) is 4.74 Å². The fraction of sp³-hybridized carbons (Fsp3) is 0.200. The molecule has 0 bridgehead atoms. The number of rotatable bonds is 4. The molecule has 2 heterocycles. The van der Waals surface area contributed by atoms with E-state index in [-0.39, 0.29) is 24.2 Å². The Bertz CT molecular complexity index is 1520. The van der Waals surface area contributed by atoms with Crippen molar-refractivity contribution in [2.75, 3.05) is 16.8 Å². The van der Waals surface area contributed by atoms with E-state index in [1.165, 1.54) is 17.0 Å². The van der Waals surface area contributed by atoms with E-state index in [9.17, 15) is 36.7 Å². The summed E-state index contributed by atoms with van der Waals surface area (Å²) in [7, 11) is 1.09. The lowest BCUT2D eigenvalue weighted by atomic mass is 10.0. The number of piperidine rings is 1. The standard InChI is InChI=1S/C25H17F4N3O6/c1-31(19-11-13(5-6-16(19)26)38-25(27,28)29)24(36)37-14-9-12-3-2-4-17-21(12)15(10-14)23(35)32(17)18-7-8-20(33)30-22(18)34/h2-6,9-11,18H,7-8H2,1H3,(H,30,33,34). The Hall–Kier alpha value is -4.68. The average Bonchev–Trinajstić information content (AvgIpc) is 3.11. The number of anilines is 2. The fourth-order valence-electron chi connectivity index (χ4n) is 4.50. The third kappa shape index (κ3) is 4.46. The Morgan fingerprint density at radius 1 is 1.08 bits per heavy atom. The van der Waals surface area contributed by atoms with Gasteiger partial charge in [-0.05, 0) is 42.1 Å². The number of carbonyl (C=O) groups is 4. The van der Waals surface area contributed by atoms with Crippen molar-refractivity contribution in [3.05, 3.63) is 59.9 Å². The Morgan fingerprint density at radius 2 is 1.84 bits per heavy atom. The minimum absolute atomic E-state index is 0.0630. The fourth-order valence-corrected chi connectivity index (χ4v) is 4.50. The summed E-state index contributed by atoms with van der Waals surface area (Å²) < 4.78 is 61.1. The van der Waals surface area contributed by atoms with Gasteiger partial charge >= 0.3 is 12.5 Å². The lowest BCUT2D eigenvalue weighted by Crippen LogP contribution is -2.53. The zero-order chi connectivity index (χ0) is 27.4. The first kappa shape index (κ1) is 25.0. The quantitative estimate of drug-likeness (QED) is 0.398. The molecule has 13 heteroatoms. The summed E-state index contributed by atoms with van der Waals surface area (Å²) in [5, 5.41) is 3.24. The molecule has 9 nitrogen and oxygen atoms in total. The predicted molar refractivity (Wildman–Crippen MR) is 124 cm³/mol. The number of ether oxygens (including phenoxy) is 2. The zero-order valence-electron chi connectivity index (χ0n) is 19.5. The molecule has 1 unspecified atom stereocenters. The summed E-state index contributed by atoms with van der Waals surface area (Å²) in [5.74, 6) is -3.41. The molecule has 0 saturated carbocycles. The molecule has 1 saturated heterocycles. The van der Waals surface area contributed by atoms with Crippen LogP contribution in [-0.2, 0) is 9.59 Å². The summed E-state index contributed by atoms with van der Waals surface area (Å²) in [6.45, 7) is 0. The van der Waals surface area contributed by atoms with Crippen molar-refractivity contribution in [3.8, 4) is 11.5 Å². The van der Waals surface area contributed by atoms with Gasteiger partial charge in [0.2, 0.25) is 11.8 Å². The van der Waals surface area contributed by atoms with Gasteiger partial charge in [-0.2, -0.15) is 0 Å². The second kappa shape index (κ2) is 9.01. The molecule has 3 aromatic rings. The molecule has 2 aliphatic heterocycles. The maximum Gasteiger partial charge on any atom is 0.573 e. The largest absolute Gasteiger partial charge is 0.573 e. The number of benzene rings is 3. The molecule has 1 N–H and O–H groups in total. The van der Waals surface area contributed by atoms with Crippen LogP contribution >= 0.6 is 0 Å². The van der Waals surface area contributed by atoms with Crippen molar-refractivity contribution >= 4 is 46.0 Å². The van der Waals surface area contributed by atoms with Crippen LogP contribution in [0.15, 0.2) is 48.5 Å². The van der Waals surface area contributed by atoms with Gasteiger partial charge in [-0.15, -0.1) is 13.2 Å². The normalized spacial score (nSPS) is 17.0. The third-order valence-corrected chi connectivity index (χ3v) is 6.15. The highest BCUT2D eigenvalue weighted by Gasteiger charge is 2.41. The first-order chi connectivity index (χ1) is 17.9. The second-order valence-electron chi connectivity index (χ2n) is 8.58. The number of halogens is 4. The van der Waals surface area contributed by atoms with Crippen molar-refractivity contribution in [2.45, 2.75) is 25.2 Å². The van der Waals surface area contributed by atoms with E-state index >= 15 is 0 Å². The zero-order valence-corrected chi connectivity index (χ0v) is 19.5. The molecule has 0 spiro atoms. The van der Waals surface area contributed by atoms with E-state index in [0.717, 1.165) is 13.1 Å². The van der Waals surface area contributed by atoms with Crippen LogP contribution in [0.1, 0.15) is 23.2 Å². The van der Waals surface area contributed by atoms with Crippen molar-refractivity contribution in [3.63, 3.8) is 0 Å². The van der Waals surface area contributed by atoms with Gasteiger partial charge in [0, 0.05) is 24.9 Å². The number of amides is 4. The maximum atomic E-state index is 14.3. The SMILES string of the molecule is CN(C(=O)Oc1cc2c3c(cccc3c1)N(C1CCC(=O)NC1=O)C2=O)c1cc(OC(F)(F)F)ccc1F. The van der Waals surface area contributed by atoms with Gasteiger partial charge in [-0.3, -0.25) is 29.5 Å². The highest BCUT2D eigenvalue weighted by Crippen LogP contribution is 2.42. The number of carbonyl (C=O) groups excluding carboxylic acids is 4. The van der Waals surface area contributed by atoms with Crippen LogP contribution in [0.3, 0.4) is 0 Å². The molecule has 38 heavy (non-hydrogen) atoms. The Labute approximate surface area is 211 Å². The van der Waals surface area contributed by atoms with Gasteiger partial charge < -0.3 is 9.47 Å². The van der Waals surface area contributed by atoms with Crippen LogP contribution < -0.4 is 24.6 Å². The highest BCUT2D eigenvalue weighted by molar-refractivity contribution is 6.27. The first-order valence-corrected chi connectivity index (χ1v) is 11.2. The molecule has 5 rings (SSSR count). The molecular weight excluding hydrogens is 514 g/mol. The van der Waals surface area contributed by atoms with E-state index in [1.54, 1.807) is 18.2 Å². The molecule has 4 amide bonds. The van der Waals surface area contributed by atoms with Crippen LogP contribution in [0.2, 0.25) is 0 Å². The van der Waals surface area contributed by atoms with Crippen molar-refractivity contribution in [1.82, 2.24) is 5.32 Å². The van der Waals surface area contributed by atoms with Gasteiger partial charge in [0.25, 0.3) is 5.91 Å². The lowest BCUT2D eigenvalue weighted by Gasteiger charge is -2.30. The Kier molecular flexibility index (Phi) is 5.93. The minimum atomic E-state index is -5.02. The highest BCUT2D eigenvalue weighted by atomic mass is 19.4. The van der Waals surface area contributed by atoms with Crippen LogP contribution in [-0.4, -0.2) is 43.3 Å². The van der Waals surface area contributed by atoms with Crippen LogP contribution in [0.25, 0.3) is 10.8 Å². The second-order valence-corrected chi connectivity index (χ2v) is 8.58. The lowest BCUT2D eigenvalue weighted by molar-refractivity contribution is -0.274. The molecule has 1 fully saturated rings. The number of imide groups is 1. The maximum absolute atomic E-state index is 14.3. The summed E-state index contributed by atoms with van der Waals surface area (Å²) in [6, 6.07) is 8.93. The van der Waals surface area contributed by atoms with E-state index in [2.05, 4.69) is 10.1 Å². The number of nitrogens with one attached hydrogen (secondary N) is 1. The van der Waals surface area contributed by atoms with Gasteiger partial charge in [-0.25, -0.2) is 9.18 Å². The average molecular weight is 531 g/mol. The van der Waals surface area contributed by atoms with Crippen LogP contribution in [0.5, 0.6) is 11.5 Å². The van der Waals surface area contributed by atoms with Gasteiger partial charge in [-0.1, -0.05) is 12.1 Å². The van der Waals surface area contributed by atoms with Crippen molar-refractivity contribution in [1.29, 1.82) is 0 Å². The summed E-state index contributed by atoms with van der Waals surface area (Å²) in [5.41, 5.74) is 0.0556. The van der Waals surface area contributed by atoms with Crippen molar-refractivity contribution < 1.29 is 46.2 Å². The van der Waals surface area contributed by atoms with Crippen LogP contribution in [0.4, 0.5) is 33.7 Å². The molecule has 2 aliphatic rings. The summed E-state index contributed by atoms with van der Waals surface area (Å²) >= 11 is 0. The Balaban J connectivity index is 1.43. The topological polar surface area (TPSA) is 105 Å². The monoisotopic (exact) mass is 531 g/mol. The first-order valence-electron chi connectivity index (χ1n) is 11.2. The molecule has 0 radical (unpaired) electrons. The van der Waals surface area contributed by atoms with E-state index < -0.39 is 53.5 Å². The molecule has 0 aromatic heterocycles. The van der Waals surface area contributed by atoms with Gasteiger partial charge in [0.15, 0.2) is 0 Å². The van der Waals surface area contributed by atoms with Gasteiger partial charge in [0.1, 0.15) is 23.4 Å². The number of nitrogens with zero attached hydrogens (tertiary/aromatic N) is 2. The Morgan fingerprint density at radius 3 is 2.55 bits per heavy atom. The smallest absolute Gasteiger partial charge is 0.410 e. The van der Waals surface area contributed by atoms with Gasteiger partial charge in [0.05, 0.1) is 16.9 Å².